The largest absolute Gasteiger partial charge is 0.349 e. The second-order valence-electron chi connectivity index (χ2n) is 7.62. The smallest absolute Gasteiger partial charge is 0.251 e. The van der Waals surface area contributed by atoms with Gasteiger partial charge in [0.15, 0.2) is 5.82 Å². The van der Waals surface area contributed by atoms with Crippen LogP contribution in [0.4, 0.5) is 14.6 Å². The van der Waals surface area contributed by atoms with E-state index in [1.165, 1.54) is 35.0 Å². The highest BCUT2D eigenvalue weighted by Crippen LogP contribution is 2.26. The normalized spacial score (nSPS) is 18.4. The van der Waals surface area contributed by atoms with E-state index in [0.29, 0.717) is 42.8 Å². The number of rotatable bonds is 5. The third kappa shape index (κ3) is 4.96. The van der Waals surface area contributed by atoms with Gasteiger partial charge in [-0.3, -0.25) is 9.59 Å². The Hall–Kier alpha value is -3.55. The molecule has 6 nitrogen and oxygen atoms in total. The van der Waals surface area contributed by atoms with Crippen molar-refractivity contribution in [3.05, 3.63) is 78.0 Å². The van der Waals surface area contributed by atoms with Gasteiger partial charge in [0, 0.05) is 29.8 Å². The molecule has 2 aromatic carbocycles. The van der Waals surface area contributed by atoms with Crippen molar-refractivity contribution in [3.8, 4) is 5.69 Å². The molecule has 1 aromatic heterocycles. The lowest BCUT2D eigenvalue weighted by molar-refractivity contribution is -0.120. The average Bonchev–Trinajstić information content (AvgIpc) is 3.23. The van der Waals surface area contributed by atoms with Crippen LogP contribution in [0, 0.1) is 17.6 Å². The van der Waals surface area contributed by atoms with Crippen LogP contribution in [-0.4, -0.2) is 27.6 Å². The zero-order valence-corrected chi connectivity index (χ0v) is 16.7. The van der Waals surface area contributed by atoms with E-state index < -0.39 is 5.82 Å². The summed E-state index contributed by atoms with van der Waals surface area (Å²) in [6, 6.07) is 13.3. The molecule has 4 rings (SSSR count). The van der Waals surface area contributed by atoms with Crippen molar-refractivity contribution in [1.29, 1.82) is 0 Å². The van der Waals surface area contributed by atoms with Crippen LogP contribution in [0.3, 0.4) is 0 Å². The molecule has 160 valence electrons. The summed E-state index contributed by atoms with van der Waals surface area (Å²) in [5, 5.41) is 9.97. The molecule has 0 spiro atoms. The molecule has 1 saturated carbocycles. The van der Waals surface area contributed by atoms with Crippen molar-refractivity contribution in [1.82, 2.24) is 15.1 Å². The first-order valence-electron chi connectivity index (χ1n) is 10.2. The summed E-state index contributed by atoms with van der Waals surface area (Å²) < 4.78 is 28.3. The fourth-order valence-corrected chi connectivity index (χ4v) is 3.76. The number of hydrogen-bond donors (Lipinski definition) is 2. The van der Waals surface area contributed by atoms with E-state index in [4.69, 9.17) is 0 Å². The number of hydrogen-bond acceptors (Lipinski definition) is 3. The molecule has 1 aliphatic rings. The van der Waals surface area contributed by atoms with E-state index in [0.717, 1.165) is 0 Å². The van der Waals surface area contributed by atoms with Crippen LogP contribution in [-0.2, 0) is 4.79 Å². The van der Waals surface area contributed by atoms with E-state index in [1.807, 2.05) is 0 Å². The van der Waals surface area contributed by atoms with Gasteiger partial charge >= 0.3 is 0 Å². The molecule has 0 atom stereocenters. The molecule has 2 N–H and O–H groups in total. The molecule has 3 aromatic rings. The van der Waals surface area contributed by atoms with Crippen molar-refractivity contribution in [2.45, 2.75) is 31.7 Å². The number of aromatic nitrogens is 2. The number of halogens is 2. The quantitative estimate of drug-likeness (QED) is 0.648. The highest BCUT2D eigenvalue weighted by atomic mass is 19.1. The molecule has 0 aliphatic heterocycles. The van der Waals surface area contributed by atoms with Crippen molar-refractivity contribution in [2.24, 2.45) is 5.92 Å². The van der Waals surface area contributed by atoms with Crippen LogP contribution in [0.15, 0.2) is 60.8 Å². The number of benzene rings is 2. The average molecular weight is 424 g/mol. The Kier molecular flexibility index (Phi) is 6.06. The van der Waals surface area contributed by atoms with Gasteiger partial charge < -0.3 is 10.6 Å². The van der Waals surface area contributed by atoms with Gasteiger partial charge in [-0.05, 0) is 62.1 Å². The Morgan fingerprint density at radius 3 is 2.35 bits per heavy atom. The number of anilines is 1. The molecule has 2 amide bonds. The highest BCUT2D eigenvalue weighted by molar-refractivity contribution is 5.94. The Labute approximate surface area is 178 Å². The number of carbonyl (C=O) groups excluding carboxylic acids is 2. The monoisotopic (exact) mass is 424 g/mol. The lowest BCUT2D eigenvalue weighted by Gasteiger charge is -2.28. The van der Waals surface area contributed by atoms with E-state index >= 15 is 0 Å². The van der Waals surface area contributed by atoms with Gasteiger partial charge in [0.25, 0.3) is 5.91 Å². The van der Waals surface area contributed by atoms with Crippen LogP contribution in [0.1, 0.15) is 36.0 Å². The van der Waals surface area contributed by atoms with E-state index in [2.05, 4.69) is 15.7 Å². The van der Waals surface area contributed by atoms with Crippen molar-refractivity contribution in [2.75, 3.05) is 5.32 Å². The van der Waals surface area contributed by atoms with E-state index in [1.54, 1.807) is 30.5 Å². The number of nitrogens with zero attached hydrogens (tertiary/aromatic N) is 2. The summed E-state index contributed by atoms with van der Waals surface area (Å²) in [4.78, 5) is 24.9. The molecule has 0 bridgehead atoms. The van der Waals surface area contributed by atoms with Crippen molar-refractivity contribution in [3.63, 3.8) is 0 Å². The van der Waals surface area contributed by atoms with Crippen LogP contribution in [0.2, 0.25) is 0 Å². The van der Waals surface area contributed by atoms with Crippen molar-refractivity contribution < 1.29 is 18.4 Å². The molecule has 0 saturated heterocycles. The van der Waals surface area contributed by atoms with Gasteiger partial charge in [0.1, 0.15) is 17.3 Å². The summed E-state index contributed by atoms with van der Waals surface area (Å²) in [7, 11) is 0. The lowest BCUT2D eigenvalue weighted by Crippen LogP contribution is -2.39. The first kappa shape index (κ1) is 20.7. The predicted molar refractivity (Wildman–Crippen MR) is 112 cm³/mol. The minimum Gasteiger partial charge on any atom is -0.349 e. The van der Waals surface area contributed by atoms with Crippen LogP contribution >= 0.6 is 0 Å². The summed E-state index contributed by atoms with van der Waals surface area (Å²) in [5.74, 6) is -0.988. The standard InChI is InChI=1S/C23H22F2N4O2/c24-17-9-5-15(6-10-17)22(30)26-18-11-7-16(8-12-18)23(31)27-21-13-14-29(28-21)20-4-2-1-3-19(20)25/h1-6,9-10,13-14,16,18H,7-8,11-12H2,(H,26,30)(H,27,28,31). The second kappa shape index (κ2) is 9.07. The fraction of sp³-hybridized carbons (Fsp3) is 0.261. The van der Waals surface area contributed by atoms with Crippen molar-refractivity contribution >= 4 is 17.6 Å². The highest BCUT2D eigenvalue weighted by Gasteiger charge is 2.27. The Morgan fingerprint density at radius 1 is 0.935 bits per heavy atom. The molecular weight excluding hydrogens is 402 g/mol. The van der Waals surface area contributed by atoms with Gasteiger partial charge in [0.05, 0.1) is 0 Å². The number of para-hydroxylation sites is 1. The molecule has 8 heteroatoms. The zero-order valence-electron chi connectivity index (χ0n) is 16.7. The van der Waals surface area contributed by atoms with E-state index in [9.17, 15) is 18.4 Å². The molecule has 31 heavy (non-hydrogen) atoms. The molecule has 1 aliphatic carbocycles. The molecule has 1 heterocycles. The summed E-state index contributed by atoms with van der Waals surface area (Å²) in [5.41, 5.74) is 0.715. The van der Waals surface area contributed by atoms with Gasteiger partial charge in [-0.1, -0.05) is 12.1 Å². The van der Waals surface area contributed by atoms with Crippen LogP contribution < -0.4 is 10.6 Å². The maximum Gasteiger partial charge on any atom is 0.251 e. The maximum atomic E-state index is 13.9. The molecule has 0 unspecified atom stereocenters. The number of carbonyl (C=O) groups is 2. The van der Waals surface area contributed by atoms with E-state index in [-0.39, 0.29) is 29.6 Å². The topological polar surface area (TPSA) is 76.0 Å². The van der Waals surface area contributed by atoms with Gasteiger partial charge in [-0.25, -0.2) is 13.5 Å². The summed E-state index contributed by atoms with van der Waals surface area (Å²) in [6.45, 7) is 0. The Bertz CT molecular complexity index is 1070. The molecular formula is C23H22F2N4O2. The summed E-state index contributed by atoms with van der Waals surface area (Å²) in [6.07, 6.45) is 4.21. The Balaban J connectivity index is 1.28. The minimum atomic E-state index is -0.399. The van der Waals surface area contributed by atoms with Crippen LogP contribution in [0.5, 0.6) is 0 Å². The number of nitrogens with one attached hydrogen (secondary N) is 2. The first-order chi connectivity index (χ1) is 15.0. The van der Waals surface area contributed by atoms with Gasteiger partial charge in [0.2, 0.25) is 5.91 Å². The van der Waals surface area contributed by atoms with Crippen LogP contribution in [0.25, 0.3) is 5.69 Å². The van der Waals surface area contributed by atoms with Gasteiger partial charge in [-0.2, -0.15) is 0 Å². The SMILES string of the molecule is O=C(NC1CCC(C(=O)Nc2ccn(-c3ccccc3F)n2)CC1)c1ccc(F)cc1. The number of amides is 2. The maximum absolute atomic E-state index is 13.9. The predicted octanol–water partition coefficient (Wildman–Crippen LogP) is 4.08. The third-order valence-electron chi connectivity index (χ3n) is 5.48. The molecule has 0 radical (unpaired) electrons. The molecule has 1 fully saturated rings. The third-order valence-corrected chi connectivity index (χ3v) is 5.48. The summed E-state index contributed by atoms with van der Waals surface area (Å²) >= 11 is 0. The minimum absolute atomic E-state index is 0.0260. The first-order valence-corrected chi connectivity index (χ1v) is 10.2. The van der Waals surface area contributed by atoms with Gasteiger partial charge in [-0.15, -0.1) is 5.10 Å². The zero-order chi connectivity index (χ0) is 21.8. The fourth-order valence-electron chi connectivity index (χ4n) is 3.76. The lowest BCUT2D eigenvalue weighted by atomic mass is 9.85. The second-order valence-corrected chi connectivity index (χ2v) is 7.62. The Morgan fingerprint density at radius 2 is 1.65 bits per heavy atom.